The molecule has 2 unspecified atom stereocenters. The Kier molecular flexibility index (Phi) is 2.63. The van der Waals surface area contributed by atoms with Crippen molar-refractivity contribution < 1.29 is 4.74 Å². The molecule has 0 aliphatic heterocycles. The molecule has 0 bridgehead atoms. The second-order valence-corrected chi connectivity index (χ2v) is 5.65. The summed E-state index contributed by atoms with van der Waals surface area (Å²) in [6.45, 7) is 4.38. The molecule has 2 atom stereocenters. The van der Waals surface area contributed by atoms with Gasteiger partial charge in [0.15, 0.2) is 11.5 Å². The fourth-order valence-electron chi connectivity index (χ4n) is 2.74. The molecule has 0 aromatic carbocycles. The molecule has 0 radical (unpaired) electrons. The van der Waals surface area contributed by atoms with Crippen molar-refractivity contribution in [3.05, 3.63) is 18.6 Å². The minimum absolute atomic E-state index is 0.0740. The maximum atomic E-state index is 5.82. The Morgan fingerprint density at radius 3 is 3.00 bits per heavy atom. The second kappa shape index (κ2) is 4.09. The van der Waals surface area contributed by atoms with Crippen LogP contribution in [0.3, 0.4) is 0 Å². The number of aromatic nitrogens is 3. The van der Waals surface area contributed by atoms with Crippen molar-refractivity contribution in [3.63, 3.8) is 0 Å². The zero-order valence-corrected chi connectivity index (χ0v) is 11.4. The number of hydrogen-bond acceptors (Lipinski definition) is 5. The van der Waals surface area contributed by atoms with Gasteiger partial charge in [0, 0.05) is 31.0 Å². The molecular formula is C13H19N5O. The van der Waals surface area contributed by atoms with Crippen LogP contribution in [-0.4, -0.2) is 33.6 Å². The molecule has 3 N–H and O–H groups in total. The summed E-state index contributed by atoms with van der Waals surface area (Å²) in [4.78, 5) is 8.66. The van der Waals surface area contributed by atoms with Crippen LogP contribution < -0.4 is 11.1 Å². The van der Waals surface area contributed by atoms with Gasteiger partial charge in [0.25, 0.3) is 0 Å². The van der Waals surface area contributed by atoms with E-state index in [0.717, 1.165) is 17.9 Å². The molecule has 1 fully saturated rings. The van der Waals surface area contributed by atoms with Gasteiger partial charge in [-0.05, 0) is 6.42 Å². The lowest BCUT2D eigenvalue weighted by atomic mass is 9.64. The van der Waals surface area contributed by atoms with Gasteiger partial charge in [-0.3, -0.25) is 0 Å². The lowest BCUT2D eigenvalue weighted by molar-refractivity contribution is -0.0795. The summed E-state index contributed by atoms with van der Waals surface area (Å²) in [5.41, 5.74) is 6.69. The molecule has 2 aromatic rings. The monoisotopic (exact) mass is 261 g/mol. The zero-order chi connectivity index (χ0) is 13.6. The van der Waals surface area contributed by atoms with Gasteiger partial charge in [0.2, 0.25) is 0 Å². The average Bonchev–Trinajstić information content (AvgIpc) is 2.81. The maximum Gasteiger partial charge on any atom is 0.180 e. The molecule has 6 nitrogen and oxygen atoms in total. The summed E-state index contributed by atoms with van der Waals surface area (Å²) in [6.07, 6.45) is 6.61. The van der Waals surface area contributed by atoms with E-state index in [4.69, 9.17) is 10.5 Å². The highest BCUT2D eigenvalue weighted by Gasteiger charge is 2.48. The van der Waals surface area contributed by atoms with Crippen molar-refractivity contribution in [3.8, 4) is 0 Å². The molecule has 2 heterocycles. The Morgan fingerprint density at radius 1 is 1.53 bits per heavy atom. The van der Waals surface area contributed by atoms with Crippen LogP contribution >= 0.6 is 0 Å². The number of ether oxygens (including phenoxy) is 1. The summed E-state index contributed by atoms with van der Waals surface area (Å²) in [5.74, 6) is 1.21. The minimum Gasteiger partial charge on any atom is -0.382 e. The van der Waals surface area contributed by atoms with Gasteiger partial charge in [-0.2, -0.15) is 0 Å². The van der Waals surface area contributed by atoms with Gasteiger partial charge in [-0.25, -0.2) is 9.97 Å². The summed E-state index contributed by atoms with van der Waals surface area (Å²) in [5, 5.41) is 3.45. The standard InChI is InChI=1S/C13H19N5O/c1-13(2)8(6-9(13)19-3)16-11-12-15-4-5-18(12)7-10(14)17-11/h4-5,7-9H,6,14H2,1-3H3,(H,16,17). The van der Waals surface area contributed by atoms with Crippen molar-refractivity contribution in [2.24, 2.45) is 5.41 Å². The topological polar surface area (TPSA) is 77.5 Å². The van der Waals surface area contributed by atoms with E-state index in [1.54, 1.807) is 19.5 Å². The molecule has 102 valence electrons. The first kappa shape index (κ1) is 12.2. The Morgan fingerprint density at radius 2 is 2.32 bits per heavy atom. The summed E-state index contributed by atoms with van der Waals surface area (Å²) in [7, 11) is 1.76. The van der Waals surface area contributed by atoms with Crippen molar-refractivity contribution in [2.75, 3.05) is 18.2 Å². The molecule has 1 aliphatic carbocycles. The van der Waals surface area contributed by atoms with Gasteiger partial charge < -0.3 is 20.2 Å². The van der Waals surface area contributed by atoms with Crippen LogP contribution in [0, 0.1) is 5.41 Å². The Bertz CT molecular complexity index is 606. The third-order valence-electron chi connectivity index (χ3n) is 4.17. The number of methoxy groups -OCH3 is 1. The molecule has 2 aromatic heterocycles. The Hall–Kier alpha value is -1.82. The zero-order valence-electron chi connectivity index (χ0n) is 11.4. The molecule has 0 saturated heterocycles. The first-order valence-electron chi connectivity index (χ1n) is 6.41. The van der Waals surface area contributed by atoms with Gasteiger partial charge in [0.05, 0.1) is 12.3 Å². The number of hydrogen-bond donors (Lipinski definition) is 2. The molecule has 19 heavy (non-hydrogen) atoms. The molecule has 0 amide bonds. The van der Waals surface area contributed by atoms with Crippen molar-refractivity contribution in [2.45, 2.75) is 32.4 Å². The first-order chi connectivity index (χ1) is 9.02. The van der Waals surface area contributed by atoms with E-state index in [1.165, 1.54) is 0 Å². The van der Waals surface area contributed by atoms with Crippen LogP contribution in [-0.2, 0) is 4.74 Å². The normalized spacial score (nSPS) is 25.2. The van der Waals surface area contributed by atoms with E-state index in [1.807, 2.05) is 10.6 Å². The van der Waals surface area contributed by atoms with Gasteiger partial charge in [-0.15, -0.1) is 0 Å². The molecule has 6 heteroatoms. The minimum atomic E-state index is 0.0740. The third-order valence-corrected chi connectivity index (χ3v) is 4.17. The Labute approximate surface area is 112 Å². The average molecular weight is 261 g/mol. The highest BCUT2D eigenvalue weighted by atomic mass is 16.5. The van der Waals surface area contributed by atoms with Gasteiger partial charge in [0.1, 0.15) is 5.82 Å². The van der Waals surface area contributed by atoms with Crippen molar-refractivity contribution in [1.29, 1.82) is 0 Å². The largest absolute Gasteiger partial charge is 0.382 e. The lowest BCUT2D eigenvalue weighted by Crippen LogP contribution is -2.57. The van der Waals surface area contributed by atoms with E-state index in [-0.39, 0.29) is 11.5 Å². The summed E-state index contributed by atoms with van der Waals surface area (Å²) < 4.78 is 7.34. The molecular weight excluding hydrogens is 242 g/mol. The van der Waals surface area contributed by atoms with E-state index in [0.29, 0.717) is 11.9 Å². The number of nitrogens with one attached hydrogen (secondary N) is 1. The van der Waals surface area contributed by atoms with E-state index < -0.39 is 0 Å². The number of rotatable bonds is 3. The highest BCUT2D eigenvalue weighted by Crippen LogP contribution is 2.44. The number of fused-ring (bicyclic) bond motifs is 1. The predicted octanol–water partition coefficient (Wildman–Crippen LogP) is 1.54. The summed E-state index contributed by atoms with van der Waals surface area (Å²) >= 11 is 0. The van der Waals surface area contributed by atoms with E-state index in [2.05, 4.69) is 29.1 Å². The number of nitrogen functional groups attached to an aromatic ring is 1. The highest BCUT2D eigenvalue weighted by molar-refractivity contribution is 5.65. The smallest absolute Gasteiger partial charge is 0.180 e. The second-order valence-electron chi connectivity index (χ2n) is 5.65. The number of nitrogens with zero attached hydrogens (tertiary/aromatic N) is 3. The molecule has 1 saturated carbocycles. The number of anilines is 2. The lowest BCUT2D eigenvalue weighted by Gasteiger charge is -2.51. The van der Waals surface area contributed by atoms with E-state index in [9.17, 15) is 0 Å². The third kappa shape index (κ3) is 1.83. The van der Waals surface area contributed by atoms with Crippen LogP contribution in [0.4, 0.5) is 11.6 Å². The van der Waals surface area contributed by atoms with E-state index >= 15 is 0 Å². The fourth-order valence-corrected chi connectivity index (χ4v) is 2.74. The number of nitrogens with two attached hydrogens (primary N) is 1. The van der Waals surface area contributed by atoms with Crippen LogP contribution in [0.15, 0.2) is 18.6 Å². The van der Waals surface area contributed by atoms with Crippen LogP contribution in [0.25, 0.3) is 5.65 Å². The van der Waals surface area contributed by atoms with Crippen LogP contribution in [0.2, 0.25) is 0 Å². The van der Waals surface area contributed by atoms with Crippen LogP contribution in [0.5, 0.6) is 0 Å². The van der Waals surface area contributed by atoms with Crippen molar-refractivity contribution >= 4 is 17.3 Å². The first-order valence-corrected chi connectivity index (χ1v) is 6.41. The summed E-state index contributed by atoms with van der Waals surface area (Å²) in [6, 6.07) is 0.312. The maximum absolute atomic E-state index is 5.82. The SMILES string of the molecule is COC1CC(Nc2nc(N)cn3ccnc23)C1(C)C. The van der Waals surface area contributed by atoms with Gasteiger partial charge >= 0.3 is 0 Å². The molecule has 1 aliphatic rings. The molecule has 3 rings (SSSR count). The van der Waals surface area contributed by atoms with Crippen LogP contribution in [0.1, 0.15) is 20.3 Å². The predicted molar refractivity (Wildman–Crippen MR) is 74.0 cm³/mol. The molecule has 0 spiro atoms. The van der Waals surface area contributed by atoms with Gasteiger partial charge in [-0.1, -0.05) is 13.8 Å². The quantitative estimate of drug-likeness (QED) is 0.876. The van der Waals surface area contributed by atoms with Crippen molar-refractivity contribution in [1.82, 2.24) is 14.4 Å². The Balaban J connectivity index is 1.88. The number of imidazole rings is 1. The fraction of sp³-hybridized carbons (Fsp3) is 0.538.